The van der Waals surface area contributed by atoms with Gasteiger partial charge in [0, 0.05) is 0 Å². The zero-order chi connectivity index (χ0) is 9.84. The summed E-state index contributed by atoms with van der Waals surface area (Å²) in [5.74, 6) is 0.883. The number of anilines is 1. The van der Waals surface area contributed by atoms with Crippen LogP contribution in [0.25, 0.3) is 0 Å². The normalized spacial score (nSPS) is 10.5. The maximum Gasteiger partial charge on any atom is 0.248 e. The van der Waals surface area contributed by atoms with Gasteiger partial charge in [0.2, 0.25) is 11.9 Å². The lowest BCUT2D eigenvalue weighted by Gasteiger charge is -2.07. The van der Waals surface area contributed by atoms with E-state index in [4.69, 9.17) is 0 Å². The number of carbonyl (C=O) groups excluding carboxylic acids is 1. The molecular formula is C7H13N5O. The van der Waals surface area contributed by atoms with Crippen LogP contribution in [0.2, 0.25) is 0 Å². The molecule has 72 valence electrons. The summed E-state index contributed by atoms with van der Waals surface area (Å²) >= 11 is 0. The average molecular weight is 183 g/mol. The number of nitrogens with zero attached hydrogens (tertiary/aromatic N) is 3. The number of H-pyrrole nitrogens is 1. The predicted molar refractivity (Wildman–Crippen MR) is 48.3 cm³/mol. The van der Waals surface area contributed by atoms with Crippen LogP contribution in [0.3, 0.4) is 0 Å². The molecule has 0 unspecified atom stereocenters. The Hall–Kier alpha value is -1.43. The quantitative estimate of drug-likeness (QED) is 0.669. The third-order valence-electron chi connectivity index (χ3n) is 1.31. The first-order valence-electron chi connectivity index (χ1n) is 3.91. The van der Waals surface area contributed by atoms with E-state index in [1.165, 1.54) is 0 Å². The first kappa shape index (κ1) is 9.66. The van der Waals surface area contributed by atoms with Crippen molar-refractivity contribution in [3.05, 3.63) is 5.82 Å². The lowest BCUT2D eigenvalue weighted by atomic mass is 10.5. The number of hydrogen-bond donors (Lipinski definition) is 2. The fraction of sp³-hybridized carbons (Fsp3) is 0.571. The van der Waals surface area contributed by atoms with Crippen LogP contribution in [-0.2, 0) is 4.79 Å². The Balaban J connectivity index is 2.45. The van der Waals surface area contributed by atoms with Gasteiger partial charge >= 0.3 is 0 Å². The molecule has 0 aliphatic rings. The topological polar surface area (TPSA) is 73.9 Å². The van der Waals surface area contributed by atoms with Crippen LogP contribution in [0.5, 0.6) is 0 Å². The van der Waals surface area contributed by atoms with Gasteiger partial charge in [-0.15, -0.1) is 5.10 Å². The van der Waals surface area contributed by atoms with Crippen LogP contribution in [0.1, 0.15) is 5.82 Å². The lowest BCUT2D eigenvalue weighted by molar-refractivity contribution is -0.116. The van der Waals surface area contributed by atoms with Gasteiger partial charge in [0.25, 0.3) is 0 Å². The van der Waals surface area contributed by atoms with Gasteiger partial charge in [0.1, 0.15) is 5.82 Å². The Kier molecular flexibility index (Phi) is 2.97. The van der Waals surface area contributed by atoms with Crippen LogP contribution in [0, 0.1) is 6.92 Å². The molecule has 1 amide bonds. The van der Waals surface area contributed by atoms with Crippen molar-refractivity contribution in [1.82, 2.24) is 20.1 Å². The van der Waals surface area contributed by atoms with Gasteiger partial charge in [-0.25, -0.2) is 0 Å². The summed E-state index contributed by atoms with van der Waals surface area (Å²) in [6.07, 6.45) is 0. The van der Waals surface area contributed by atoms with Crippen molar-refractivity contribution in [2.24, 2.45) is 0 Å². The van der Waals surface area contributed by atoms with Crippen LogP contribution < -0.4 is 5.32 Å². The van der Waals surface area contributed by atoms with Crippen LogP contribution in [-0.4, -0.2) is 46.6 Å². The zero-order valence-corrected chi connectivity index (χ0v) is 7.96. The first-order valence-corrected chi connectivity index (χ1v) is 3.91. The summed E-state index contributed by atoms with van der Waals surface area (Å²) in [6.45, 7) is 2.10. The summed E-state index contributed by atoms with van der Waals surface area (Å²) < 4.78 is 0. The number of nitrogens with one attached hydrogen (secondary N) is 2. The highest BCUT2D eigenvalue weighted by molar-refractivity contribution is 5.90. The molecule has 1 rings (SSSR count). The number of rotatable bonds is 3. The van der Waals surface area contributed by atoms with E-state index in [9.17, 15) is 4.79 Å². The van der Waals surface area contributed by atoms with E-state index in [0.717, 1.165) is 0 Å². The molecule has 0 aliphatic carbocycles. The van der Waals surface area contributed by atoms with E-state index < -0.39 is 0 Å². The van der Waals surface area contributed by atoms with Crippen molar-refractivity contribution in [3.8, 4) is 0 Å². The van der Waals surface area contributed by atoms with Gasteiger partial charge in [0.05, 0.1) is 6.54 Å². The average Bonchev–Trinajstić information content (AvgIpc) is 2.33. The predicted octanol–water partition coefficient (Wildman–Crippen LogP) is -0.387. The Morgan fingerprint density at radius 2 is 2.31 bits per heavy atom. The molecule has 0 bridgehead atoms. The SMILES string of the molecule is Cc1nc(NC(=O)CN(C)C)n[nH]1. The molecule has 0 atom stereocenters. The summed E-state index contributed by atoms with van der Waals surface area (Å²) in [5.41, 5.74) is 0. The van der Waals surface area contributed by atoms with E-state index in [1.807, 2.05) is 14.1 Å². The van der Waals surface area contributed by atoms with Gasteiger partial charge in [-0.2, -0.15) is 4.98 Å². The van der Waals surface area contributed by atoms with Gasteiger partial charge in [-0.1, -0.05) is 0 Å². The van der Waals surface area contributed by atoms with E-state index in [0.29, 0.717) is 18.3 Å². The Morgan fingerprint density at radius 1 is 1.62 bits per heavy atom. The van der Waals surface area contributed by atoms with Crippen molar-refractivity contribution in [1.29, 1.82) is 0 Å². The fourth-order valence-electron chi connectivity index (χ4n) is 0.850. The number of aromatic nitrogens is 3. The van der Waals surface area contributed by atoms with Gasteiger partial charge in [-0.3, -0.25) is 15.2 Å². The number of likely N-dealkylation sites (N-methyl/N-ethyl adjacent to an activating group) is 1. The molecule has 0 radical (unpaired) electrons. The molecule has 0 saturated carbocycles. The third-order valence-corrected chi connectivity index (χ3v) is 1.31. The highest BCUT2D eigenvalue weighted by Gasteiger charge is 2.06. The number of carbonyl (C=O) groups is 1. The lowest BCUT2D eigenvalue weighted by Crippen LogP contribution is -2.27. The molecule has 6 heteroatoms. The summed E-state index contributed by atoms with van der Waals surface area (Å²) in [7, 11) is 3.64. The molecule has 6 nitrogen and oxygen atoms in total. The van der Waals surface area contributed by atoms with Crippen molar-refractivity contribution in [2.45, 2.75) is 6.92 Å². The van der Waals surface area contributed by atoms with Crippen LogP contribution in [0.15, 0.2) is 0 Å². The summed E-state index contributed by atoms with van der Waals surface area (Å²) in [6, 6.07) is 0. The van der Waals surface area contributed by atoms with Crippen LogP contribution in [0.4, 0.5) is 5.95 Å². The van der Waals surface area contributed by atoms with Gasteiger partial charge in [0.15, 0.2) is 0 Å². The Morgan fingerprint density at radius 3 is 2.77 bits per heavy atom. The minimum absolute atomic E-state index is 0.121. The second-order valence-electron chi connectivity index (χ2n) is 3.03. The van der Waals surface area contributed by atoms with E-state index >= 15 is 0 Å². The summed E-state index contributed by atoms with van der Waals surface area (Å²) in [5, 5.41) is 8.97. The standard InChI is InChI=1S/C7H13N5O/c1-5-8-7(11-10-5)9-6(13)4-12(2)3/h4H2,1-3H3,(H2,8,9,10,11,13). The molecule has 0 spiro atoms. The minimum atomic E-state index is -0.121. The van der Waals surface area contributed by atoms with E-state index in [1.54, 1.807) is 11.8 Å². The van der Waals surface area contributed by atoms with Crippen molar-refractivity contribution < 1.29 is 4.79 Å². The van der Waals surface area contributed by atoms with Crippen molar-refractivity contribution in [2.75, 3.05) is 26.0 Å². The molecule has 0 saturated heterocycles. The first-order chi connectivity index (χ1) is 6.08. The zero-order valence-electron chi connectivity index (χ0n) is 7.96. The molecule has 2 N–H and O–H groups in total. The highest BCUT2D eigenvalue weighted by Crippen LogP contribution is 1.96. The third kappa shape index (κ3) is 3.20. The molecule has 0 aliphatic heterocycles. The maximum absolute atomic E-state index is 11.2. The highest BCUT2D eigenvalue weighted by atomic mass is 16.2. The van der Waals surface area contributed by atoms with Crippen molar-refractivity contribution in [3.63, 3.8) is 0 Å². The maximum atomic E-state index is 11.2. The minimum Gasteiger partial charge on any atom is -0.301 e. The fourth-order valence-corrected chi connectivity index (χ4v) is 0.850. The smallest absolute Gasteiger partial charge is 0.248 e. The second-order valence-corrected chi connectivity index (χ2v) is 3.03. The number of aromatic amines is 1. The monoisotopic (exact) mass is 183 g/mol. The summed E-state index contributed by atoms with van der Waals surface area (Å²) in [4.78, 5) is 16.9. The number of amides is 1. The van der Waals surface area contributed by atoms with Crippen LogP contribution >= 0.6 is 0 Å². The van der Waals surface area contributed by atoms with Gasteiger partial charge < -0.3 is 4.90 Å². The molecule has 0 aromatic carbocycles. The molecule has 1 heterocycles. The second kappa shape index (κ2) is 3.99. The van der Waals surface area contributed by atoms with E-state index in [2.05, 4.69) is 20.5 Å². The van der Waals surface area contributed by atoms with Crippen molar-refractivity contribution >= 4 is 11.9 Å². The van der Waals surface area contributed by atoms with Gasteiger partial charge in [-0.05, 0) is 21.0 Å². The molecule has 0 fully saturated rings. The molecule has 1 aromatic rings. The Labute approximate surface area is 76.3 Å². The number of hydrogen-bond acceptors (Lipinski definition) is 4. The number of aryl methyl sites for hydroxylation is 1. The Bertz CT molecular complexity index is 293. The molecular weight excluding hydrogens is 170 g/mol. The van der Waals surface area contributed by atoms with E-state index in [-0.39, 0.29) is 5.91 Å². The largest absolute Gasteiger partial charge is 0.301 e. The molecule has 1 aromatic heterocycles. The molecule has 13 heavy (non-hydrogen) atoms.